The lowest BCUT2D eigenvalue weighted by Gasteiger charge is -2.14. The lowest BCUT2D eigenvalue weighted by Crippen LogP contribution is -2.13. The first-order valence-electron chi connectivity index (χ1n) is 7.09. The van der Waals surface area contributed by atoms with Gasteiger partial charge in [0, 0.05) is 0 Å². The first kappa shape index (κ1) is 17.5. The molecule has 0 aliphatic heterocycles. The van der Waals surface area contributed by atoms with Crippen LogP contribution in [0.3, 0.4) is 0 Å². The zero-order chi connectivity index (χ0) is 16.0. The van der Waals surface area contributed by atoms with E-state index in [1.54, 1.807) is 6.92 Å². The maximum atomic E-state index is 12.4. The molecule has 0 aromatic heterocycles. The maximum Gasteiger partial charge on any atom is 0.416 e. The van der Waals surface area contributed by atoms with E-state index in [1.807, 2.05) is 6.92 Å². The molecule has 1 aromatic carbocycles. The zero-order valence-corrected chi connectivity index (χ0v) is 12.3. The third-order valence-electron chi connectivity index (χ3n) is 3.62. The van der Waals surface area contributed by atoms with Gasteiger partial charge in [0.05, 0.1) is 11.5 Å². The second kappa shape index (κ2) is 7.48. The van der Waals surface area contributed by atoms with Gasteiger partial charge in [-0.05, 0) is 42.9 Å². The van der Waals surface area contributed by atoms with E-state index in [1.165, 1.54) is 12.1 Å². The molecule has 0 saturated carbocycles. The van der Waals surface area contributed by atoms with Crippen LogP contribution in [0.2, 0.25) is 0 Å². The van der Waals surface area contributed by atoms with Gasteiger partial charge in [-0.25, -0.2) is 0 Å². The summed E-state index contributed by atoms with van der Waals surface area (Å²) in [5.74, 6) is -0.846. The zero-order valence-electron chi connectivity index (χ0n) is 12.3. The number of halogens is 3. The SMILES string of the molecule is CC(CCCc1ccc(C(F)(F)F)cc1)CC(C)C(=O)O. The highest BCUT2D eigenvalue weighted by molar-refractivity contribution is 5.69. The van der Waals surface area contributed by atoms with E-state index in [0.717, 1.165) is 30.5 Å². The standard InChI is InChI=1S/C16H21F3O2/c1-11(10-12(2)15(20)21)4-3-5-13-6-8-14(9-7-13)16(17,18)19/h6-9,11-12H,3-5,10H2,1-2H3,(H,20,21). The number of carboxylic acids is 1. The number of aliphatic carboxylic acids is 1. The Hall–Kier alpha value is -1.52. The number of carbonyl (C=O) groups is 1. The summed E-state index contributed by atoms with van der Waals surface area (Å²) in [5, 5.41) is 8.83. The maximum absolute atomic E-state index is 12.4. The molecule has 2 nitrogen and oxygen atoms in total. The second-order valence-corrected chi connectivity index (χ2v) is 5.67. The van der Waals surface area contributed by atoms with Gasteiger partial charge in [0.2, 0.25) is 0 Å². The number of benzene rings is 1. The summed E-state index contributed by atoms with van der Waals surface area (Å²) in [7, 11) is 0. The normalized spacial score (nSPS) is 14.7. The van der Waals surface area contributed by atoms with Crippen LogP contribution < -0.4 is 0 Å². The van der Waals surface area contributed by atoms with Gasteiger partial charge >= 0.3 is 12.1 Å². The molecule has 2 unspecified atom stereocenters. The van der Waals surface area contributed by atoms with Gasteiger partial charge in [-0.2, -0.15) is 13.2 Å². The Kier molecular flexibility index (Phi) is 6.24. The van der Waals surface area contributed by atoms with E-state index in [-0.39, 0.29) is 5.92 Å². The van der Waals surface area contributed by atoms with Gasteiger partial charge < -0.3 is 5.11 Å². The summed E-state index contributed by atoms with van der Waals surface area (Å²) >= 11 is 0. The van der Waals surface area contributed by atoms with Crippen LogP contribution >= 0.6 is 0 Å². The van der Waals surface area contributed by atoms with Gasteiger partial charge in [-0.3, -0.25) is 4.79 Å². The fraction of sp³-hybridized carbons (Fsp3) is 0.562. The van der Waals surface area contributed by atoms with E-state index in [9.17, 15) is 18.0 Å². The molecule has 0 saturated heterocycles. The molecule has 1 aromatic rings. The van der Waals surface area contributed by atoms with Gasteiger partial charge in [-0.1, -0.05) is 32.4 Å². The molecule has 0 amide bonds. The van der Waals surface area contributed by atoms with E-state index in [2.05, 4.69) is 0 Å². The highest BCUT2D eigenvalue weighted by atomic mass is 19.4. The largest absolute Gasteiger partial charge is 0.481 e. The fourth-order valence-electron chi connectivity index (χ4n) is 2.34. The Labute approximate surface area is 123 Å². The van der Waals surface area contributed by atoms with Crippen LogP contribution in [0.15, 0.2) is 24.3 Å². The van der Waals surface area contributed by atoms with Crippen LogP contribution in [0.25, 0.3) is 0 Å². The lowest BCUT2D eigenvalue weighted by molar-refractivity contribution is -0.141. The second-order valence-electron chi connectivity index (χ2n) is 5.67. The molecule has 5 heteroatoms. The minimum absolute atomic E-state index is 0.297. The van der Waals surface area contributed by atoms with Gasteiger partial charge in [0.1, 0.15) is 0 Å². The minimum atomic E-state index is -4.29. The van der Waals surface area contributed by atoms with Crippen molar-refractivity contribution in [2.75, 3.05) is 0 Å². The van der Waals surface area contributed by atoms with E-state index in [4.69, 9.17) is 5.11 Å². The molecule has 1 rings (SSSR count). The Morgan fingerprint density at radius 2 is 1.76 bits per heavy atom. The Bertz CT molecular complexity index is 452. The van der Waals surface area contributed by atoms with Crippen LogP contribution in [0.1, 0.15) is 44.2 Å². The van der Waals surface area contributed by atoms with Crippen LogP contribution in [0.5, 0.6) is 0 Å². The molecule has 0 heterocycles. The van der Waals surface area contributed by atoms with Crippen molar-refractivity contribution < 1.29 is 23.1 Å². The van der Waals surface area contributed by atoms with Crippen molar-refractivity contribution in [2.45, 2.75) is 45.7 Å². The molecular formula is C16H21F3O2. The third kappa shape index (κ3) is 6.19. The van der Waals surface area contributed by atoms with Crippen molar-refractivity contribution in [3.8, 4) is 0 Å². The molecule has 0 aliphatic carbocycles. The molecular weight excluding hydrogens is 281 g/mol. The van der Waals surface area contributed by atoms with Crippen molar-refractivity contribution >= 4 is 5.97 Å². The molecule has 2 atom stereocenters. The van der Waals surface area contributed by atoms with Crippen LogP contribution in [0, 0.1) is 11.8 Å². The van der Waals surface area contributed by atoms with E-state index in [0.29, 0.717) is 18.8 Å². The topological polar surface area (TPSA) is 37.3 Å². The summed E-state index contributed by atoms with van der Waals surface area (Å²) in [6.07, 6.45) is -1.23. The van der Waals surface area contributed by atoms with Crippen LogP contribution in [-0.4, -0.2) is 11.1 Å². The Morgan fingerprint density at radius 3 is 2.24 bits per heavy atom. The van der Waals surface area contributed by atoms with Crippen molar-refractivity contribution in [1.29, 1.82) is 0 Å². The average molecular weight is 302 g/mol. The summed E-state index contributed by atoms with van der Waals surface area (Å²) in [4.78, 5) is 10.8. The van der Waals surface area contributed by atoms with Gasteiger partial charge in [0.25, 0.3) is 0 Å². The summed E-state index contributed by atoms with van der Waals surface area (Å²) in [6.45, 7) is 3.70. The van der Waals surface area contributed by atoms with Gasteiger partial charge in [0.15, 0.2) is 0 Å². The van der Waals surface area contributed by atoms with Gasteiger partial charge in [-0.15, -0.1) is 0 Å². The van der Waals surface area contributed by atoms with Crippen molar-refractivity contribution in [3.05, 3.63) is 35.4 Å². The van der Waals surface area contributed by atoms with E-state index < -0.39 is 17.7 Å². The monoisotopic (exact) mass is 302 g/mol. The highest BCUT2D eigenvalue weighted by Gasteiger charge is 2.29. The summed E-state index contributed by atoms with van der Waals surface area (Å²) in [5.41, 5.74) is 0.247. The van der Waals surface area contributed by atoms with Crippen LogP contribution in [0.4, 0.5) is 13.2 Å². The van der Waals surface area contributed by atoms with E-state index >= 15 is 0 Å². The molecule has 0 radical (unpaired) electrons. The molecule has 21 heavy (non-hydrogen) atoms. The molecule has 1 N–H and O–H groups in total. The van der Waals surface area contributed by atoms with Crippen molar-refractivity contribution in [3.63, 3.8) is 0 Å². The number of aryl methyl sites for hydroxylation is 1. The van der Waals surface area contributed by atoms with Crippen LogP contribution in [-0.2, 0) is 17.4 Å². The molecule has 0 spiro atoms. The van der Waals surface area contributed by atoms with Crippen molar-refractivity contribution in [1.82, 2.24) is 0 Å². The number of alkyl halides is 3. The fourth-order valence-corrected chi connectivity index (χ4v) is 2.34. The molecule has 118 valence electrons. The quantitative estimate of drug-likeness (QED) is 0.787. The average Bonchev–Trinajstić information content (AvgIpc) is 2.38. The smallest absolute Gasteiger partial charge is 0.416 e. The minimum Gasteiger partial charge on any atom is -0.481 e. The Morgan fingerprint density at radius 1 is 1.19 bits per heavy atom. The number of carboxylic acid groups (broad SMARTS) is 1. The summed E-state index contributed by atoms with van der Waals surface area (Å²) < 4.78 is 37.2. The summed E-state index contributed by atoms with van der Waals surface area (Å²) in [6, 6.07) is 5.22. The Balaban J connectivity index is 2.37. The first-order chi connectivity index (χ1) is 9.70. The predicted octanol–water partition coefficient (Wildman–Crippen LogP) is 4.78. The molecule has 0 aliphatic rings. The predicted molar refractivity (Wildman–Crippen MR) is 75.0 cm³/mol. The number of hydrogen-bond donors (Lipinski definition) is 1. The number of rotatable bonds is 7. The third-order valence-corrected chi connectivity index (χ3v) is 3.62. The van der Waals surface area contributed by atoms with Crippen molar-refractivity contribution in [2.24, 2.45) is 11.8 Å². The molecule has 0 bridgehead atoms. The highest BCUT2D eigenvalue weighted by Crippen LogP contribution is 2.29. The lowest BCUT2D eigenvalue weighted by atomic mass is 9.92. The first-order valence-corrected chi connectivity index (χ1v) is 7.09. The molecule has 0 fully saturated rings. The number of hydrogen-bond acceptors (Lipinski definition) is 1.